The minimum Gasteiger partial charge on any atom is -0.462 e. The second-order valence-corrected chi connectivity index (χ2v) is 5.93. The van der Waals surface area contributed by atoms with Crippen LogP contribution in [0, 0.1) is 11.3 Å². The number of nitriles is 1. The zero-order valence-corrected chi connectivity index (χ0v) is 15.7. The van der Waals surface area contributed by atoms with E-state index in [4.69, 9.17) is 10.00 Å². The van der Waals surface area contributed by atoms with Gasteiger partial charge in [-0.25, -0.2) is 9.78 Å². The van der Waals surface area contributed by atoms with Crippen LogP contribution < -0.4 is 10.6 Å². The average molecular weight is 386 g/mol. The van der Waals surface area contributed by atoms with Crippen LogP contribution in [0.15, 0.2) is 66.9 Å². The van der Waals surface area contributed by atoms with Gasteiger partial charge in [0.25, 0.3) is 5.91 Å². The molecule has 144 valence electrons. The van der Waals surface area contributed by atoms with E-state index in [-0.39, 0.29) is 17.9 Å². The van der Waals surface area contributed by atoms with Gasteiger partial charge in [0.2, 0.25) is 0 Å². The van der Waals surface area contributed by atoms with Crippen molar-refractivity contribution >= 4 is 28.9 Å². The predicted octanol–water partition coefficient (Wildman–Crippen LogP) is 4.13. The van der Waals surface area contributed by atoms with Crippen molar-refractivity contribution in [1.29, 1.82) is 5.26 Å². The number of nitrogens with one attached hydrogen (secondary N) is 2. The maximum absolute atomic E-state index is 12.5. The Morgan fingerprint density at radius 2 is 1.76 bits per heavy atom. The highest BCUT2D eigenvalue weighted by Gasteiger charge is 2.15. The fourth-order valence-electron chi connectivity index (χ4n) is 2.61. The van der Waals surface area contributed by atoms with Crippen molar-refractivity contribution in [2.75, 3.05) is 17.2 Å². The molecule has 0 atom stereocenters. The molecule has 29 heavy (non-hydrogen) atoms. The highest BCUT2D eigenvalue weighted by molar-refractivity contribution is 6.07. The summed E-state index contributed by atoms with van der Waals surface area (Å²) < 4.78 is 5.01. The van der Waals surface area contributed by atoms with Gasteiger partial charge in [-0.1, -0.05) is 24.3 Å². The summed E-state index contributed by atoms with van der Waals surface area (Å²) >= 11 is 0. The molecule has 0 saturated heterocycles. The van der Waals surface area contributed by atoms with Gasteiger partial charge in [-0.15, -0.1) is 0 Å². The highest BCUT2D eigenvalue weighted by Crippen LogP contribution is 2.21. The molecule has 0 aliphatic carbocycles. The lowest BCUT2D eigenvalue weighted by atomic mass is 10.1. The zero-order valence-electron chi connectivity index (χ0n) is 15.7. The molecule has 0 bridgehead atoms. The number of aromatic nitrogens is 1. The number of para-hydroxylation sites is 2. The second-order valence-electron chi connectivity index (χ2n) is 5.93. The smallest absolute Gasteiger partial charge is 0.340 e. The van der Waals surface area contributed by atoms with Crippen molar-refractivity contribution in [2.45, 2.75) is 6.92 Å². The summed E-state index contributed by atoms with van der Waals surface area (Å²) in [5.41, 5.74) is 2.60. The van der Waals surface area contributed by atoms with Gasteiger partial charge >= 0.3 is 5.97 Å². The van der Waals surface area contributed by atoms with Crippen LogP contribution in [-0.2, 0) is 4.74 Å². The molecule has 0 radical (unpaired) electrons. The van der Waals surface area contributed by atoms with Gasteiger partial charge in [-0.3, -0.25) is 4.79 Å². The molecule has 1 amide bonds. The number of esters is 1. The molecule has 0 unspecified atom stereocenters. The van der Waals surface area contributed by atoms with Gasteiger partial charge in [0.1, 0.15) is 11.8 Å². The first-order chi connectivity index (χ1) is 14.1. The first-order valence-corrected chi connectivity index (χ1v) is 8.92. The van der Waals surface area contributed by atoms with Crippen LogP contribution in [0.5, 0.6) is 0 Å². The number of amides is 1. The third-order valence-electron chi connectivity index (χ3n) is 3.99. The van der Waals surface area contributed by atoms with Crippen LogP contribution in [0.3, 0.4) is 0 Å². The average Bonchev–Trinajstić information content (AvgIpc) is 2.75. The third-order valence-corrected chi connectivity index (χ3v) is 3.99. The Morgan fingerprint density at radius 1 is 1.03 bits per heavy atom. The van der Waals surface area contributed by atoms with Crippen molar-refractivity contribution in [2.24, 2.45) is 0 Å². The van der Waals surface area contributed by atoms with Crippen molar-refractivity contribution in [3.63, 3.8) is 0 Å². The number of hydrogen-bond donors (Lipinski definition) is 2. The van der Waals surface area contributed by atoms with Crippen molar-refractivity contribution in [3.05, 3.63) is 83.7 Å². The van der Waals surface area contributed by atoms with Gasteiger partial charge in [0.05, 0.1) is 41.0 Å². The van der Waals surface area contributed by atoms with Gasteiger partial charge in [-0.2, -0.15) is 5.26 Å². The van der Waals surface area contributed by atoms with E-state index in [0.717, 1.165) is 0 Å². The lowest BCUT2D eigenvalue weighted by Gasteiger charge is -2.11. The Bertz CT molecular complexity index is 1070. The summed E-state index contributed by atoms with van der Waals surface area (Å²) in [6, 6.07) is 19.1. The fraction of sp³-hybridized carbons (Fsp3) is 0.0909. The molecule has 7 heteroatoms. The quantitative estimate of drug-likeness (QED) is 0.618. The number of rotatable bonds is 6. The van der Waals surface area contributed by atoms with Crippen LogP contribution in [0.4, 0.5) is 17.1 Å². The summed E-state index contributed by atoms with van der Waals surface area (Å²) in [4.78, 5) is 28.7. The normalized spacial score (nSPS) is 9.93. The maximum Gasteiger partial charge on any atom is 0.340 e. The number of pyridine rings is 1. The SMILES string of the molecule is CCOC(=O)c1ccccc1NC(=O)c1ccc(Nc2ccccc2C#N)cn1. The molecule has 1 aromatic heterocycles. The Hall–Kier alpha value is -4.18. The van der Waals surface area contributed by atoms with Crippen LogP contribution in [0.1, 0.15) is 33.3 Å². The van der Waals surface area contributed by atoms with E-state index < -0.39 is 11.9 Å². The van der Waals surface area contributed by atoms with Crippen LogP contribution >= 0.6 is 0 Å². The first-order valence-electron chi connectivity index (χ1n) is 8.92. The van der Waals surface area contributed by atoms with E-state index >= 15 is 0 Å². The molecule has 3 aromatic rings. The molecule has 0 fully saturated rings. The Morgan fingerprint density at radius 3 is 2.45 bits per heavy atom. The van der Waals surface area contributed by atoms with Crippen LogP contribution in [-0.4, -0.2) is 23.5 Å². The number of ether oxygens (including phenoxy) is 1. The van der Waals surface area contributed by atoms with E-state index in [1.54, 1.807) is 61.5 Å². The monoisotopic (exact) mass is 386 g/mol. The van der Waals surface area contributed by atoms with E-state index in [2.05, 4.69) is 21.7 Å². The fourth-order valence-corrected chi connectivity index (χ4v) is 2.61. The number of hydrogen-bond acceptors (Lipinski definition) is 6. The maximum atomic E-state index is 12.5. The molecule has 0 aliphatic heterocycles. The lowest BCUT2D eigenvalue weighted by Crippen LogP contribution is -2.17. The lowest BCUT2D eigenvalue weighted by molar-refractivity contribution is 0.0527. The molecule has 0 saturated carbocycles. The van der Waals surface area contributed by atoms with Gasteiger partial charge in [-0.05, 0) is 43.3 Å². The molecule has 0 aliphatic rings. The van der Waals surface area contributed by atoms with Crippen molar-refractivity contribution < 1.29 is 14.3 Å². The molecule has 3 rings (SSSR count). The molecule has 7 nitrogen and oxygen atoms in total. The van der Waals surface area contributed by atoms with Crippen molar-refractivity contribution in [3.8, 4) is 6.07 Å². The number of anilines is 3. The molecule has 1 heterocycles. The van der Waals surface area contributed by atoms with Gasteiger partial charge < -0.3 is 15.4 Å². The molecule has 2 N–H and O–H groups in total. The second kappa shape index (κ2) is 9.15. The molecule has 2 aromatic carbocycles. The minimum atomic E-state index is -0.507. The van der Waals surface area contributed by atoms with E-state index in [0.29, 0.717) is 22.6 Å². The first kappa shape index (κ1) is 19.6. The number of nitrogens with zero attached hydrogens (tertiary/aromatic N) is 2. The Kier molecular flexibility index (Phi) is 6.18. The summed E-state index contributed by atoms with van der Waals surface area (Å²) in [7, 11) is 0. The highest BCUT2D eigenvalue weighted by atomic mass is 16.5. The van der Waals surface area contributed by atoms with E-state index in [1.165, 1.54) is 6.20 Å². The van der Waals surface area contributed by atoms with E-state index in [9.17, 15) is 9.59 Å². The Balaban J connectivity index is 1.73. The topological polar surface area (TPSA) is 104 Å². The van der Waals surface area contributed by atoms with Gasteiger partial charge in [0, 0.05) is 0 Å². The Labute approximate surface area is 168 Å². The largest absolute Gasteiger partial charge is 0.462 e. The van der Waals surface area contributed by atoms with Crippen LogP contribution in [0.25, 0.3) is 0 Å². The minimum absolute atomic E-state index is 0.183. The van der Waals surface area contributed by atoms with Crippen molar-refractivity contribution in [1.82, 2.24) is 4.98 Å². The summed E-state index contributed by atoms with van der Waals surface area (Å²) in [5.74, 6) is -0.960. The van der Waals surface area contributed by atoms with Crippen LogP contribution in [0.2, 0.25) is 0 Å². The van der Waals surface area contributed by atoms with E-state index in [1.807, 2.05) is 6.07 Å². The third kappa shape index (κ3) is 4.76. The molecular formula is C22H18N4O3. The zero-order chi connectivity index (χ0) is 20.6. The summed E-state index contributed by atoms with van der Waals surface area (Å²) in [6.45, 7) is 1.96. The molecular weight excluding hydrogens is 368 g/mol. The summed E-state index contributed by atoms with van der Waals surface area (Å²) in [6.07, 6.45) is 1.50. The van der Waals surface area contributed by atoms with Gasteiger partial charge in [0.15, 0.2) is 0 Å². The standard InChI is InChI=1S/C22H18N4O3/c1-2-29-22(28)17-8-4-6-10-19(17)26-21(27)20-12-11-16(14-24-20)25-18-9-5-3-7-15(18)13-23/h3-12,14,25H,2H2,1H3,(H,26,27). The summed E-state index contributed by atoms with van der Waals surface area (Å²) in [5, 5.41) is 14.9. The number of carbonyl (C=O) groups excluding carboxylic acids is 2. The number of benzene rings is 2. The predicted molar refractivity (Wildman–Crippen MR) is 109 cm³/mol. The molecule has 0 spiro atoms. The number of carbonyl (C=O) groups is 2.